The molecule has 1 heterocycles. The normalized spacial score (nSPS) is 21.3. The van der Waals surface area contributed by atoms with Crippen molar-refractivity contribution in [3.8, 4) is 5.75 Å². The molecule has 0 saturated carbocycles. The molecule has 1 aromatic carbocycles. The van der Waals surface area contributed by atoms with Crippen LogP contribution in [0.5, 0.6) is 5.75 Å². The third kappa shape index (κ3) is 4.35. The van der Waals surface area contributed by atoms with Crippen LogP contribution in [0.15, 0.2) is 24.3 Å². The second-order valence-corrected chi connectivity index (χ2v) is 5.85. The molecular formula is C16H25ClN2O2. The van der Waals surface area contributed by atoms with E-state index in [-0.39, 0.29) is 23.7 Å². The Morgan fingerprint density at radius 1 is 1.38 bits per heavy atom. The lowest BCUT2D eigenvalue weighted by atomic mass is 9.81. The van der Waals surface area contributed by atoms with Gasteiger partial charge in [0.1, 0.15) is 5.75 Å². The smallest absolute Gasteiger partial charge is 0.229 e. The zero-order chi connectivity index (χ0) is 14.6. The summed E-state index contributed by atoms with van der Waals surface area (Å²) < 4.78 is 5.14. The van der Waals surface area contributed by atoms with E-state index in [4.69, 9.17) is 4.74 Å². The van der Waals surface area contributed by atoms with Gasteiger partial charge in [-0.2, -0.15) is 0 Å². The first kappa shape index (κ1) is 17.8. The van der Waals surface area contributed by atoms with E-state index in [1.807, 2.05) is 36.2 Å². The molecule has 1 N–H and O–H groups in total. The van der Waals surface area contributed by atoms with Crippen LogP contribution in [0, 0.1) is 5.41 Å². The fraction of sp³-hybridized carbons (Fsp3) is 0.562. The third-order valence-corrected chi connectivity index (χ3v) is 4.04. The number of hydrogen-bond donors (Lipinski definition) is 1. The number of piperidine rings is 1. The SMILES string of the molecule is COc1ccc(CN(C)C(=O)C2(C)CCCNC2)cc1.Cl. The van der Waals surface area contributed by atoms with E-state index in [9.17, 15) is 4.79 Å². The van der Waals surface area contributed by atoms with Crippen LogP contribution < -0.4 is 10.1 Å². The van der Waals surface area contributed by atoms with Crippen molar-refractivity contribution in [2.75, 3.05) is 27.2 Å². The molecule has 0 bridgehead atoms. The lowest BCUT2D eigenvalue weighted by molar-refractivity contribution is -0.141. The van der Waals surface area contributed by atoms with Gasteiger partial charge in [-0.05, 0) is 44.0 Å². The lowest BCUT2D eigenvalue weighted by Crippen LogP contribution is -2.48. The quantitative estimate of drug-likeness (QED) is 0.928. The van der Waals surface area contributed by atoms with Crippen LogP contribution in [0.4, 0.5) is 0 Å². The standard InChI is InChI=1S/C16H24N2O2.ClH/c1-16(9-4-10-17-12-16)15(19)18(2)11-13-5-7-14(20-3)8-6-13;/h5-8,17H,4,9-12H2,1-3H3;1H. The van der Waals surface area contributed by atoms with Gasteiger partial charge in [0.05, 0.1) is 12.5 Å². The highest BCUT2D eigenvalue weighted by molar-refractivity contribution is 5.85. The number of carbonyl (C=O) groups is 1. The number of carbonyl (C=O) groups excluding carboxylic acids is 1. The van der Waals surface area contributed by atoms with E-state index in [0.717, 1.165) is 37.2 Å². The van der Waals surface area contributed by atoms with Gasteiger partial charge in [-0.15, -0.1) is 12.4 Å². The van der Waals surface area contributed by atoms with Crippen LogP contribution in [-0.2, 0) is 11.3 Å². The Morgan fingerprint density at radius 2 is 2.05 bits per heavy atom. The number of ether oxygens (including phenoxy) is 1. The van der Waals surface area contributed by atoms with Gasteiger partial charge in [-0.1, -0.05) is 12.1 Å². The molecule has 1 amide bonds. The molecule has 118 valence electrons. The van der Waals surface area contributed by atoms with Crippen molar-refractivity contribution in [1.29, 1.82) is 0 Å². The van der Waals surface area contributed by atoms with Crippen molar-refractivity contribution in [1.82, 2.24) is 10.2 Å². The van der Waals surface area contributed by atoms with Gasteiger partial charge in [-0.25, -0.2) is 0 Å². The van der Waals surface area contributed by atoms with Crippen LogP contribution in [0.2, 0.25) is 0 Å². The summed E-state index contributed by atoms with van der Waals surface area (Å²) in [7, 11) is 3.54. The molecule has 5 heteroatoms. The molecule has 21 heavy (non-hydrogen) atoms. The molecule has 0 spiro atoms. The molecule has 1 aliphatic heterocycles. The summed E-state index contributed by atoms with van der Waals surface area (Å²) in [4.78, 5) is 14.4. The molecule has 1 saturated heterocycles. The molecule has 1 unspecified atom stereocenters. The van der Waals surface area contributed by atoms with Crippen molar-refractivity contribution < 1.29 is 9.53 Å². The average Bonchev–Trinajstić information content (AvgIpc) is 2.48. The minimum Gasteiger partial charge on any atom is -0.497 e. The Balaban J connectivity index is 0.00000220. The summed E-state index contributed by atoms with van der Waals surface area (Å²) in [6, 6.07) is 7.86. The average molecular weight is 313 g/mol. The minimum absolute atomic E-state index is 0. The van der Waals surface area contributed by atoms with Crippen LogP contribution in [0.1, 0.15) is 25.3 Å². The first-order chi connectivity index (χ1) is 9.55. The first-order valence-corrected chi connectivity index (χ1v) is 7.14. The van der Waals surface area contributed by atoms with E-state index < -0.39 is 0 Å². The van der Waals surface area contributed by atoms with Gasteiger partial charge >= 0.3 is 0 Å². The Hall–Kier alpha value is -1.26. The number of benzene rings is 1. The van der Waals surface area contributed by atoms with Crippen molar-refractivity contribution in [2.45, 2.75) is 26.3 Å². The second kappa shape index (κ2) is 7.66. The van der Waals surface area contributed by atoms with Gasteiger partial charge in [-0.3, -0.25) is 4.79 Å². The maximum atomic E-state index is 12.6. The van der Waals surface area contributed by atoms with Crippen molar-refractivity contribution >= 4 is 18.3 Å². The monoisotopic (exact) mass is 312 g/mol. The van der Waals surface area contributed by atoms with E-state index in [1.165, 1.54) is 0 Å². The summed E-state index contributed by atoms with van der Waals surface area (Å²) in [5.74, 6) is 1.06. The maximum absolute atomic E-state index is 12.6. The summed E-state index contributed by atoms with van der Waals surface area (Å²) in [5, 5.41) is 3.33. The molecule has 2 rings (SSSR count). The van der Waals surface area contributed by atoms with Gasteiger partial charge in [0, 0.05) is 20.1 Å². The Kier molecular flexibility index (Phi) is 6.49. The number of halogens is 1. The van der Waals surface area contributed by atoms with Gasteiger partial charge in [0.25, 0.3) is 0 Å². The van der Waals surface area contributed by atoms with E-state index in [2.05, 4.69) is 12.2 Å². The number of amides is 1. The Bertz CT molecular complexity index is 456. The van der Waals surface area contributed by atoms with E-state index in [0.29, 0.717) is 6.54 Å². The molecule has 1 fully saturated rings. The molecule has 1 aliphatic rings. The zero-order valence-corrected chi connectivity index (χ0v) is 13.8. The molecule has 0 aliphatic carbocycles. The summed E-state index contributed by atoms with van der Waals surface area (Å²) in [5.41, 5.74) is 0.855. The minimum atomic E-state index is -0.264. The summed E-state index contributed by atoms with van der Waals surface area (Å²) in [6.07, 6.45) is 2.03. The Morgan fingerprint density at radius 3 is 2.57 bits per heavy atom. The molecule has 1 aromatic rings. The second-order valence-electron chi connectivity index (χ2n) is 5.85. The predicted molar refractivity (Wildman–Crippen MR) is 86.9 cm³/mol. The predicted octanol–water partition coefficient (Wildman–Crippen LogP) is 2.47. The number of methoxy groups -OCH3 is 1. The third-order valence-electron chi connectivity index (χ3n) is 4.04. The zero-order valence-electron chi connectivity index (χ0n) is 13.0. The van der Waals surface area contributed by atoms with Crippen LogP contribution in [0.25, 0.3) is 0 Å². The molecule has 4 nitrogen and oxygen atoms in total. The van der Waals surface area contributed by atoms with Gasteiger partial charge in [0.2, 0.25) is 5.91 Å². The number of nitrogens with zero attached hydrogens (tertiary/aromatic N) is 1. The van der Waals surface area contributed by atoms with Crippen LogP contribution in [0.3, 0.4) is 0 Å². The van der Waals surface area contributed by atoms with E-state index >= 15 is 0 Å². The van der Waals surface area contributed by atoms with Crippen molar-refractivity contribution in [2.24, 2.45) is 5.41 Å². The Labute approximate surface area is 133 Å². The highest BCUT2D eigenvalue weighted by Crippen LogP contribution is 2.28. The lowest BCUT2D eigenvalue weighted by Gasteiger charge is -2.36. The fourth-order valence-electron chi connectivity index (χ4n) is 2.78. The van der Waals surface area contributed by atoms with Crippen LogP contribution >= 0.6 is 12.4 Å². The maximum Gasteiger partial charge on any atom is 0.229 e. The molecule has 0 aromatic heterocycles. The fourth-order valence-corrected chi connectivity index (χ4v) is 2.78. The van der Waals surface area contributed by atoms with Gasteiger partial charge < -0.3 is 15.0 Å². The topological polar surface area (TPSA) is 41.6 Å². The highest BCUT2D eigenvalue weighted by Gasteiger charge is 2.36. The van der Waals surface area contributed by atoms with Crippen molar-refractivity contribution in [3.63, 3.8) is 0 Å². The number of nitrogens with one attached hydrogen (secondary N) is 1. The summed E-state index contributed by atoms with van der Waals surface area (Å²) >= 11 is 0. The largest absolute Gasteiger partial charge is 0.497 e. The van der Waals surface area contributed by atoms with Gasteiger partial charge in [0.15, 0.2) is 0 Å². The molecular weight excluding hydrogens is 288 g/mol. The van der Waals surface area contributed by atoms with Crippen molar-refractivity contribution in [3.05, 3.63) is 29.8 Å². The van der Waals surface area contributed by atoms with Crippen LogP contribution in [-0.4, -0.2) is 38.1 Å². The molecule has 1 atom stereocenters. The molecule has 0 radical (unpaired) electrons. The number of hydrogen-bond acceptors (Lipinski definition) is 3. The number of rotatable bonds is 4. The van der Waals surface area contributed by atoms with E-state index in [1.54, 1.807) is 7.11 Å². The highest BCUT2D eigenvalue weighted by atomic mass is 35.5. The summed E-state index contributed by atoms with van der Waals surface area (Å²) in [6.45, 7) is 4.49. The first-order valence-electron chi connectivity index (χ1n) is 7.14.